The highest BCUT2D eigenvalue weighted by Crippen LogP contribution is 2.18. The van der Waals surface area contributed by atoms with Crippen LogP contribution in [0.3, 0.4) is 0 Å². The number of ether oxygens (including phenoxy) is 3. The first-order chi connectivity index (χ1) is 32.7. The summed E-state index contributed by atoms with van der Waals surface area (Å²) in [5.41, 5.74) is 0. The molecule has 0 heterocycles. The molecule has 0 unspecified atom stereocenters. The van der Waals surface area contributed by atoms with Crippen molar-refractivity contribution in [1.29, 1.82) is 0 Å². The van der Waals surface area contributed by atoms with E-state index in [0.29, 0.717) is 19.3 Å². The number of carbonyl (C=O) groups excluding carboxylic acids is 3. The second kappa shape index (κ2) is 53.8. The van der Waals surface area contributed by atoms with E-state index in [4.69, 9.17) is 14.2 Å². The fraction of sp³-hybridized carbons (Fsp3) is 0.951. The molecule has 0 rings (SSSR count). The Balaban J connectivity index is 4.26. The molecule has 67 heavy (non-hydrogen) atoms. The van der Waals surface area contributed by atoms with Crippen LogP contribution < -0.4 is 0 Å². The molecule has 0 spiro atoms. The van der Waals surface area contributed by atoms with E-state index in [1.165, 1.54) is 231 Å². The van der Waals surface area contributed by atoms with Crippen LogP contribution in [0.15, 0.2) is 0 Å². The van der Waals surface area contributed by atoms with Crippen LogP contribution in [0.5, 0.6) is 0 Å². The molecule has 0 aromatic carbocycles. The van der Waals surface area contributed by atoms with E-state index < -0.39 is 6.10 Å². The van der Waals surface area contributed by atoms with E-state index in [0.717, 1.165) is 69.6 Å². The summed E-state index contributed by atoms with van der Waals surface area (Å²) in [7, 11) is 0. The number of esters is 3. The fourth-order valence-corrected chi connectivity index (χ4v) is 9.40. The van der Waals surface area contributed by atoms with Crippen molar-refractivity contribution in [3.05, 3.63) is 0 Å². The normalized spacial score (nSPS) is 12.0. The van der Waals surface area contributed by atoms with Crippen LogP contribution in [0.4, 0.5) is 0 Å². The first kappa shape index (κ1) is 65.4. The van der Waals surface area contributed by atoms with Crippen LogP contribution in [0.2, 0.25) is 0 Å². The molecule has 0 radical (unpaired) electrons. The molecule has 0 amide bonds. The zero-order valence-electron chi connectivity index (χ0n) is 46.0. The van der Waals surface area contributed by atoms with Gasteiger partial charge in [0.15, 0.2) is 6.10 Å². The van der Waals surface area contributed by atoms with Crippen LogP contribution in [0, 0.1) is 11.8 Å². The molecule has 398 valence electrons. The molecule has 0 saturated heterocycles. The van der Waals surface area contributed by atoms with Gasteiger partial charge in [0.2, 0.25) is 0 Å². The molecule has 0 fully saturated rings. The van der Waals surface area contributed by atoms with Crippen molar-refractivity contribution >= 4 is 17.9 Å². The highest BCUT2D eigenvalue weighted by molar-refractivity contribution is 5.71. The van der Waals surface area contributed by atoms with Crippen LogP contribution in [0.25, 0.3) is 0 Å². The maximum absolute atomic E-state index is 12.9. The van der Waals surface area contributed by atoms with Gasteiger partial charge in [-0.15, -0.1) is 0 Å². The molecule has 0 aliphatic heterocycles. The second-order valence-corrected chi connectivity index (χ2v) is 21.9. The predicted molar refractivity (Wildman–Crippen MR) is 289 cm³/mol. The van der Waals surface area contributed by atoms with Gasteiger partial charge in [0.25, 0.3) is 0 Å². The minimum atomic E-state index is -0.763. The summed E-state index contributed by atoms with van der Waals surface area (Å²) >= 11 is 0. The molecule has 0 aromatic rings. The summed E-state index contributed by atoms with van der Waals surface area (Å²) < 4.78 is 16.9. The molecule has 0 saturated carbocycles. The van der Waals surface area contributed by atoms with Crippen molar-refractivity contribution in [2.45, 2.75) is 349 Å². The standard InChI is InChI=1S/C61H118O6/c1-6-7-8-9-10-11-12-19-26-31-36-41-46-51-59(62)65-54-58(55-66-60(63)52-47-42-37-32-27-23-22-25-30-35-40-45-50-57(4)5)67-61(64)53-48-43-38-33-28-21-18-16-14-13-15-17-20-24-29-34-39-44-49-56(2)3/h56-58H,6-55H2,1-5H3/t58-/m0/s1. The topological polar surface area (TPSA) is 78.9 Å². The maximum atomic E-state index is 12.9. The first-order valence-corrected chi connectivity index (χ1v) is 30.2. The Kier molecular flexibility index (Phi) is 52.5. The Bertz CT molecular complexity index is 1020. The van der Waals surface area contributed by atoms with Crippen molar-refractivity contribution < 1.29 is 28.6 Å². The molecule has 0 N–H and O–H groups in total. The largest absolute Gasteiger partial charge is 0.462 e. The van der Waals surface area contributed by atoms with E-state index in [-0.39, 0.29) is 31.1 Å². The molecule has 6 heteroatoms. The third-order valence-corrected chi connectivity index (χ3v) is 14.0. The van der Waals surface area contributed by atoms with Gasteiger partial charge in [-0.1, -0.05) is 304 Å². The lowest BCUT2D eigenvalue weighted by atomic mass is 10.0. The van der Waals surface area contributed by atoms with Crippen LogP contribution >= 0.6 is 0 Å². The minimum Gasteiger partial charge on any atom is -0.462 e. The quantitative estimate of drug-likeness (QED) is 0.0343. The van der Waals surface area contributed by atoms with E-state index in [1.54, 1.807) is 0 Å². The SMILES string of the molecule is CCCCCCCCCCCCCCCC(=O)OC[C@@H](COC(=O)CCCCCCCCCCCCCCC(C)C)OC(=O)CCCCCCCCCCCCCCCCCCCCC(C)C. The number of unbranched alkanes of at least 4 members (excludes halogenated alkanes) is 40. The Labute approximate surface area is 418 Å². The van der Waals surface area contributed by atoms with Crippen LogP contribution in [-0.2, 0) is 28.6 Å². The molecule has 0 aliphatic rings. The van der Waals surface area contributed by atoms with E-state index >= 15 is 0 Å². The summed E-state index contributed by atoms with van der Waals surface area (Å²) in [6.07, 6.45) is 58.1. The van der Waals surface area contributed by atoms with Gasteiger partial charge in [-0.25, -0.2) is 0 Å². The fourth-order valence-electron chi connectivity index (χ4n) is 9.40. The lowest BCUT2D eigenvalue weighted by Crippen LogP contribution is -2.30. The van der Waals surface area contributed by atoms with Crippen molar-refractivity contribution in [1.82, 2.24) is 0 Å². The number of hydrogen-bond acceptors (Lipinski definition) is 6. The van der Waals surface area contributed by atoms with Crippen molar-refractivity contribution in [3.63, 3.8) is 0 Å². The number of carbonyl (C=O) groups is 3. The summed E-state index contributed by atoms with van der Waals surface area (Å²) in [6, 6.07) is 0. The molecule has 6 nitrogen and oxygen atoms in total. The van der Waals surface area contributed by atoms with Crippen LogP contribution in [-0.4, -0.2) is 37.2 Å². The average Bonchev–Trinajstić information content (AvgIpc) is 3.30. The third kappa shape index (κ3) is 55.2. The maximum Gasteiger partial charge on any atom is 0.306 e. The lowest BCUT2D eigenvalue weighted by molar-refractivity contribution is -0.167. The van der Waals surface area contributed by atoms with E-state index in [9.17, 15) is 14.4 Å². The minimum absolute atomic E-state index is 0.0623. The van der Waals surface area contributed by atoms with Crippen molar-refractivity contribution in [3.8, 4) is 0 Å². The average molecular weight is 948 g/mol. The van der Waals surface area contributed by atoms with Gasteiger partial charge in [0.05, 0.1) is 0 Å². The Morgan fingerprint density at radius 2 is 0.493 bits per heavy atom. The van der Waals surface area contributed by atoms with E-state index in [2.05, 4.69) is 34.6 Å². The van der Waals surface area contributed by atoms with Gasteiger partial charge in [-0.05, 0) is 31.1 Å². The molecule has 1 atom stereocenters. The summed E-state index contributed by atoms with van der Waals surface area (Å²) in [5, 5.41) is 0. The molecule has 0 bridgehead atoms. The number of hydrogen-bond donors (Lipinski definition) is 0. The molecule has 0 aliphatic carbocycles. The predicted octanol–water partition coefficient (Wildman–Crippen LogP) is 20.0. The zero-order chi connectivity index (χ0) is 48.9. The summed E-state index contributed by atoms with van der Waals surface area (Å²) in [4.78, 5) is 38.2. The van der Waals surface area contributed by atoms with Gasteiger partial charge >= 0.3 is 17.9 Å². The summed E-state index contributed by atoms with van der Waals surface area (Å²) in [6.45, 7) is 11.4. The highest BCUT2D eigenvalue weighted by atomic mass is 16.6. The molecular weight excluding hydrogens is 829 g/mol. The van der Waals surface area contributed by atoms with Crippen molar-refractivity contribution in [2.75, 3.05) is 13.2 Å². The van der Waals surface area contributed by atoms with Gasteiger partial charge < -0.3 is 14.2 Å². The summed E-state index contributed by atoms with van der Waals surface area (Å²) in [5.74, 6) is 0.856. The van der Waals surface area contributed by atoms with Crippen LogP contribution in [0.1, 0.15) is 343 Å². The van der Waals surface area contributed by atoms with Crippen molar-refractivity contribution in [2.24, 2.45) is 11.8 Å². The Hall–Kier alpha value is -1.59. The third-order valence-electron chi connectivity index (χ3n) is 14.0. The lowest BCUT2D eigenvalue weighted by Gasteiger charge is -2.18. The monoisotopic (exact) mass is 947 g/mol. The smallest absolute Gasteiger partial charge is 0.306 e. The highest BCUT2D eigenvalue weighted by Gasteiger charge is 2.19. The van der Waals surface area contributed by atoms with Gasteiger partial charge in [0.1, 0.15) is 13.2 Å². The van der Waals surface area contributed by atoms with Gasteiger partial charge in [0, 0.05) is 19.3 Å². The Morgan fingerprint density at radius 1 is 0.284 bits per heavy atom. The van der Waals surface area contributed by atoms with Gasteiger partial charge in [-0.3, -0.25) is 14.4 Å². The second-order valence-electron chi connectivity index (χ2n) is 21.9. The van der Waals surface area contributed by atoms with E-state index in [1.807, 2.05) is 0 Å². The Morgan fingerprint density at radius 3 is 0.731 bits per heavy atom. The number of rotatable bonds is 55. The zero-order valence-corrected chi connectivity index (χ0v) is 46.0. The molecular formula is C61H118O6. The van der Waals surface area contributed by atoms with Gasteiger partial charge in [-0.2, -0.15) is 0 Å². The molecule has 0 aromatic heterocycles. The first-order valence-electron chi connectivity index (χ1n) is 30.2.